The molecule has 0 radical (unpaired) electrons. The van der Waals surface area contributed by atoms with Gasteiger partial charge in [-0.1, -0.05) is 54.9 Å². The number of halogens is 1. The summed E-state index contributed by atoms with van der Waals surface area (Å²) >= 11 is 7.32. The van der Waals surface area contributed by atoms with Gasteiger partial charge in [-0.3, -0.25) is 9.59 Å². The van der Waals surface area contributed by atoms with E-state index in [1.54, 1.807) is 30.3 Å². The molecule has 8 nitrogen and oxygen atoms in total. The average Bonchev–Trinajstić information content (AvgIpc) is 3.24. The number of nitrogens with one attached hydrogen (secondary N) is 2. The molecule has 3 rings (SSSR count). The lowest BCUT2D eigenvalue weighted by Crippen LogP contribution is -2.33. The molecule has 10 heteroatoms. The van der Waals surface area contributed by atoms with Crippen LogP contribution in [0.3, 0.4) is 0 Å². The van der Waals surface area contributed by atoms with Gasteiger partial charge in [-0.25, -0.2) is 0 Å². The number of aromatic nitrogens is 3. The second-order valence-corrected chi connectivity index (χ2v) is 9.71. The Morgan fingerprint density at radius 2 is 1.86 bits per heavy atom. The minimum absolute atomic E-state index is 0.0790. The second-order valence-electron chi connectivity index (χ2n) is 8.33. The molecule has 1 aromatic heterocycles. The zero-order valence-electron chi connectivity index (χ0n) is 20.5. The zero-order chi connectivity index (χ0) is 25.5. The number of ether oxygens (including phenoxy) is 1. The lowest BCUT2D eigenvalue weighted by atomic mass is 10.0. The lowest BCUT2D eigenvalue weighted by molar-refractivity contribution is -0.113. The fraction of sp³-hybridized carbons (Fsp3) is 0.360. The summed E-state index contributed by atoms with van der Waals surface area (Å²) in [5, 5.41) is 15.7. The summed E-state index contributed by atoms with van der Waals surface area (Å²) in [5.74, 6) is 0.985. The summed E-state index contributed by atoms with van der Waals surface area (Å²) in [6, 6.07) is 12.1. The molecule has 3 aromatic rings. The highest BCUT2D eigenvalue weighted by molar-refractivity contribution is 7.99. The minimum Gasteiger partial charge on any atom is -0.495 e. The van der Waals surface area contributed by atoms with Crippen LogP contribution in [-0.2, 0) is 11.3 Å². The van der Waals surface area contributed by atoms with Gasteiger partial charge in [0.25, 0.3) is 5.91 Å². The lowest BCUT2D eigenvalue weighted by Gasteiger charge is -2.22. The maximum atomic E-state index is 12.9. The number of aryl methyl sites for hydroxylation is 1. The number of nitrogens with zero attached hydrogens (tertiary/aromatic N) is 3. The highest BCUT2D eigenvalue weighted by atomic mass is 35.5. The van der Waals surface area contributed by atoms with Crippen molar-refractivity contribution in [2.45, 2.75) is 45.4 Å². The van der Waals surface area contributed by atoms with Gasteiger partial charge in [0.1, 0.15) is 5.75 Å². The van der Waals surface area contributed by atoms with Crippen LogP contribution in [0.2, 0.25) is 5.02 Å². The van der Waals surface area contributed by atoms with Crippen molar-refractivity contribution in [2.24, 2.45) is 5.92 Å². The van der Waals surface area contributed by atoms with E-state index >= 15 is 0 Å². The van der Waals surface area contributed by atoms with E-state index in [0.29, 0.717) is 39.5 Å². The fourth-order valence-corrected chi connectivity index (χ4v) is 4.47. The number of amides is 2. The van der Waals surface area contributed by atoms with Crippen molar-refractivity contribution in [3.8, 4) is 5.75 Å². The van der Waals surface area contributed by atoms with E-state index in [9.17, 15) is 9.59 Å². The largest absolute Gasteiger partial charge is 0.495 e. The Morgan fingerprint density at radius 1 is 1.14 bits per heavy atom. The van der Waals surface area contributed by atoms with Crippen molar-refractivity contribution in [3.05, 3.63) is 64.4 Å². The monoisotopic (exact) mass is 515 g/mol. The molecule has 0 saturated carbocycles. The van der Waals surface area contributed by atoms with Gasteiger partial charge >= 0.3 is 0 Å². The number of rotatable bonds is 10. The molecule has 0 aliphatic rings. The molecule has 0 unspecified atom stereocenters. The van der Waals surface area contributed by atoms with Crippen LogP contribution in [0.5, 0.6) is 5.75 Å². The number of anilines is 1. The van der Waals surface area contributed by atoms with E-state index in [-0.39, 0.29) is 29.5 Å². The Labute approximate surface area is 214 Å². The Bertz CT molecular complexity index is 1180. The predicted molar refractivity (Wildman–Crippen MR) is 139 cm³/mol. The van der Waals surface area contributed by atoms with Gasteiger partial charge in [0, 0.05) is 17.1 Å². The van der Waals surface area contributed by atoms with Crippen LogP contribution in [0.15, 0.2) is 47.6 Å². The van der Waals surface area contributed by atoms with Crippen molar-refractivity contribution in [1.29, 1.82) is 0 Å². The van der Waals surface area contributed by atoms with E-state index in [2.05, 4.69) is 20.8 Å². The highest BCUT2D eigenvalue weighted by Gasteiger charge is 2.26. The smallest absolute Gasteiger partial charge is 0.251 e. The van der Waals surface area contributed by atoms with E-state index in [0.717, 1.165) is 5.56 Å². The first kappa shape index (κ1) is 26.6. The van der Waals surface area contributed by atoms with Gasteiger partial charge in [0.2, 0.25) is 5.91 Å². The van der Waals surface area contributed by atoms with Gasteiger partial charge in [-0.05, 0) is 50.1 Å². The Balaban J connectivity index is 1.72. The predicted octanol–water partition coefficient (Wildman–Crippen LogP) is 5.13. The number of benzene rings is 2. The topological polar surface area (TPSA) is 98.1 Å². The number of methoxy groups -OCH3 is 1. The van der Waals surface area contributed by atoms with Crippen molar-refractivity contribution in [1.82, 2.24) is 20.1 Å². The Kier molecular flexibility index (Phi) is 9.17. The maximum Gasteiger partial charge on any atom is 0.251 e. The molecule has 0 saturated heterocycles. The number of hydrogen-bond donors (Lipinski definition) is 2. The van der Waals surface area contributed by atoms with Crippen molar-refractivity contribution in [3.63, 3.8) is 0 Å². The van der Waals surface area contributed by atoms with E-state index in [1.807, 2.05) is 44.4 Å². The summed E-state index contributed by atoms with van der Waals surface area (Å²) < 4.78 is 7.21. The molecule has 0 aliphatic carbocycles. The average molecular weight is 516 g/mol. The number of carbonyl (C=O) groups is 2. The van der Waals surface area contributed by atoms with Gasteiger partial charge in [-0.2, -0.15) is 0 Å². The highest BCUT2D eigenvalue weighted by Crippen LogP contribution is 2.29. The molecule has 1 atom stereocenters. The first-order valence-electron chi connectivity index (χ1n) is 11.3. The van der Waals surface area contributed by atoms with E-state index in [1.165, 1.54) is 18.9 Å². The van der Waals surface area contributed by atoms with E-state index in [4.69, 9.17) is 16.3 Å². The summed E-state index contributed by atoms with van der Waals surface area (Å²) in [5.41, 5.74) is 2.18. The molecule has 0 fully saturated rings. The van der Waals surface area contributed by atoms with E-state index < -0.39 is 0 Å². The van der Waals surface area contributed by atoms with Gasteiger partial charge in [0.15, 0.2) is 11.0 Å². The van der Waals surface area contributed by atoms with Crippen LogP contribution >= 0.6 is 23.4 Å². The van der Waals surface area contributed by atoms with Crippen LogP contribution in [0.4, 0.5) is 5.69 Å². The fourth-order valence-electron chi connectivity index (χ4n) is 3.49. The van der Waals surface area contributed by atoms with Crippen LogP contribution in [0.1, 0.15) is 48.6 Å². The zero-order valence-corrected chi connectivity index (χ0v) is 22.0. The number of carbonyl (C=O) groups excluding carboxylic acids is 2. The minimum atomic E-state index is -0.338. The first-order valence-corrected chi connectivity index (χ1v) is 12.7. The molecule has 2 aromatic carbocycles. The van der Waals surface area contributed by atoms with Crippen LogP contribution < -0.4 is 15.4 Å². The van der Waals surface area contributed by atoms with Crippen LogP contribution in [-0.4, -0.2) is 39.4 Å². The number of thioether (sulfide) groups is 1. The molecule has 0 spiro atoms. The molecule has 1 heterocycles. The molecular formula is C25H30ClN5O3S. The van der Waals surface area contributed by atoms with Crippen molar-refractivity contribution < 1.29 is 14.3 Å². The first-order chi connectivity index (χ1) is 16.7. The molecule has 0 aliphatic heterocycles. The van der Waals surface area contributed by atoms with Crippen LogP contribution in [0, 0.1) is 12.8 Å². The SMILES string of the molecule is CCn1c(SCC(=O)Nc2cc(Cl)ccc2OC)nnc1[C@@H](NC(=O)c1ccc(C)cc1)C(C)C. The molecule has 186 valence electrons. The third kappa shape index (κ3) is 6.76. The van der Waals surface area contributed by atoms with Crippen LogP contribution in [0.25, 0.3) is 0 Å². The molecule has 2 N–H and O–H groups in total. The van der Waals surface area contributed by atoms with Gasteiger partial charge < -0.3 is 19.9 Å². The van der Waals surface area contributed by atoms with Gasteiger partial charge in [-0.15, -0.1) is 10.2 Å². The quantitative estimate of drug-likeness (QED) is 0.363. The number of hydrogen-bond acceptors (Lipinski definition) is 6. The third-order valence-corrected chi connectivity index (χ3v) is 6.58. The molecular weight excluding hydrogens is 486 g/mol. The normalized spacial score (nSPS) is 11.9. The third-order valence-electron chi connectivity index (χ3n) is 5.37. The van der Waals surface area contributed by atoms with Crippen molar-refractivity contribution >= 4 is 40.9 Å². The van der Waals surface area contributed by atoms with Crippen molar-refractivity contribution in [2.75, 3.05) is 18.2 Å². The molecule has 2 amide bonds. The summed E-state index contributed by atoms with van der Waals surface area (Å²) in [7, 11) is 1.53. The Hall–Kier alpha value is -3.04. The summed E-state index contributed by atoms with van der Waals surface area (Å²) in [4.78, 5) is 25.5. The summed E-state index contributed by atoms with van der Waals surface area (Å²) in [6.07, 6.45) is 0. The molecule has 35 heavy (non-hydrogen) atoms. The van der Waals surface area contributed by atoms with Gasteiger partial charge in [0.05, 0.1) is 24.6 Å². The molecule has 0 bridgehead atoms. The Morgan fingerprint density at radius 3 is 2.49 bits per heavy atom. The standard InChI is InChI=1S/C25H30ClN5O3S/c1-6-31-23(22(15(2)3)28-24(33)17-9-7-16(4)8-10-17)29-30-25(31)35-14-21(32)27-19-13-18(26)11-12-20(19)34-5/h7-13,15,22H,6,14H2,1-5H3,(H,27,32)(H,28,33)/t22-/m0/s1. The maximum absolute atomic E-state index is 12.9. The second kappa shape index (κ2) is 12.1. The summed E-state index contributed by atoms with van der Waals surface area (Å²) in [6.45, 7) is 8.60.